The molecule has 0 saturated heterocycles. The van der Waals surface area contributed by atoms with Crippen LogP contribution < -0.4 is 10.1 Å². The Kier molecular flexibility index (Phi) is 6.90. The Bertz CT molecular complexity index is 509. The number of para-hydroxylation sites is 1. The van der Waals surface area contributed by atoms with Crippen LogP contribution in [0, 0.1) is 10.1 Å². The molecular weight excluding hydrogens is 300 g/mol. The number of carbonyl (C=O) groups excluding carboxylic acids is 1. The first-order valence-electron chi connectivity index (χ1n) is 6.31. The van der Waals surface area contributed by atoms with E-state index >= 15 is 0 Å². The number of rotatable bonds is 8. The minimum atomic E-state index is -0.587. The van der Waals surface area contributed by atoms with Gasteiger partial charge in [-0.3, -0.25) is 14.9 Å². The molecule has 0 aromatic heterocycles. The molecule has 7 nitrogen and oxygen atoms in total. The molecule has 1 unspecified atom stereocenters. The van der Waals surface area contributed by atoms with Gasteiger partial charge in [0, 0.05) is 19.1 Å². The molecule has 0 aliphatic rings. The summed E-state index contributed by atoms with van der Waals surface area (Å²) in [5.41, 5.74) is -0.157. The highest BCUT2D eigenvalue weighted by molar-refractivity contribution is 6.18. The molecule has 1 atom stereocenters. The highest BCUT2D eigenvalue weighted by Crippen LogP contribution is 2.30. The third-order valence-electron chi connectivity index (χ3n) is 2.61. The zero-order valence-electron chi connectivity index (χ0n) is 11.8. The zero-order valence-corrected chi connectivity index (χ0v) is 12.6. The van der Waals surface area contributed by atoms with E-state index in [1.807, 2.05) is 0 Å². The fourth-order valence-electron chi connectivity index (χ4n) is 1.73. The van der Waals surface area contributed by atoms with Crippen molar-refractivity contribution in [1.82, 2.24) is 5.32 Å². The summed E-state index contributed by atoms with van der Waals surface area (Å²) in [6, 6.07) is 3.79. The van der Waals surface area contributed by atoms with E-state index in [4.69, 9.17) is 21.1 Å². The van der Waals surface area contributed by atoms with E-state index in [1.54, 1.807) is 6.92 Å². The van der Waals surface area contributed by atoms with Crippen molar-refractivity contribution in [3.8, 4) is 5.75 Å². The van der Waals surface area contributed by atoms with Gasteiger partial charge in [0.25, 0.3) is 5.91 Å². The molecule has 0 spiro atoms. The van der Waals surface area contributed by atoms with Gasteiger partial charge in [0.1, 0.15) is 0 Å². The molecule has 1 N–H and O–H groups in total. The summed E-state index contributed by atoms with van der Waals surface area (Å²) >= 11 is 5.73. The largest absolute Gasteiger partial charge is 0.487 e. The molecule has 1 aromatic rings. The van der Waals surface area contributed by atoms with Crippen LogP contribution in [0.5, 0.6) is 5.75 Å². The van der Waals surface area contributed by atoms with Gasteiger partial charge in [0.15, 0.2) is 0 Å². The maximum absolute atomic E-state index is 12.2. The monoisotopic (exact) mass is 316 g/mol. The molecule has 8 heteroatoms. The van der Waals surface area contributed by atoms with Crippen molar-refractivity contribution >= 4 is 23.2 Å². The smallest absolute Gasteiger partial charge is 0.311 e. The number of benzene rings is 1. The fourth-order valence-corrected chi connectivity index (χ4v) is 1.90. The minimum Gasteiger partial charge on any atom is -0.487 e. The number of halogens is 1. The predicted octanol–water partition coefficient (Wildman–Crippen LogP) is 1.98. The lowest BCUT2D eigenvalue weighted by atomic mass is 10.1. The number of nitrogens with zero attached hydrogens (tertiary/aromatic N) is 1. The Labute approximate surface area is 127 Å². The first-order chi connectivity index (χ1) is 10.0. The van der Waals surface area contributed by atoms with Gasteiger partial charge in [-0.25, -0.2) is 0 Å². The summed E-state index contributed by atoms with van der Waals surface area (Å²) in [6.45, 7) is 2.14. The number of hydrogen-bond acceptors (Lipinski definition) is 5. The third-order valence-corrected chi connectivity index (χ3v) is 2.99. The number of hydrogen-bond donors (Lipinski definition) is 1. The Morgan fingerprint density at radius 1 is 1.52 bits per heavy atom. The van der Waals surface area contributed by atoms with Gasteiger partial charge in [-0.15, -0.1) is 11.6 Å². The number of methoxy groups -OCH3 is 1. The van der Waals surface area contributed by atoms with Gasteiger partial charge < -0.3 is 14.8 Å². The van der Waals surface area contributed by atoms with Crippen molar-refractivity contribution in [3.05, 3.63) is 33.9 Å². The summed E-state index contributed by atoms with van der Waals surface area (Å²) in [5, 5.41) is 13.7. The highest BCUT2D eigenvalue weighted by Gasteiger charge is 2.24. The summed E-state index contributed by atoms with van der Waals surface area (Å²) in [5.74, 6) is -0.378. The van der Waals surface area contributed by atoms with Crippen LogP contribution in [-0.2, 0) is 4.74 Å². The van der Waals surface area contributed by atoms with Gasteiger partial charge in [-0.2, -0.15) is 0 Å². The number of ether oxygens (including phenoxy) is 2. The van der Waals surface area contributed by atoms with Crippen molar-refractivity contribution < 1.29 is 19.2 Å². The summed E-state index contributed by atoms with van der Waals surface area (Å²) in [7, 11) is 1.49. The van der Waals surface area contributed by atoms with Gasteiger partial charge in [0.05, 0.1) is 29.7 Å². The third kappa shape index (κ3) is 4.57. The fraction of sp³-hybridized carbons (Fsp3) is 0.462. The number of carbonyl (C=O) groups is 1. The maximum Gasteiger partial charge on any atom is 0.311 e. The molecule has 116 valence electrons. The Balaban J connectivity index is 3.08. The van der Waals surface area contributed by atoms with Crippen LogP contribution in [0.25, 0.3) is 0 Å². The molecule has 0 saturated carbocycles. The van der Waals surface area contributed by atoms with Crippen molar-refractivity contribution in [2.75, 3.05) is 26.2 Å². The van der Waals surface area contributed by atoms with Crippen LogP contribution in [0.3, 0.4) is 0 Å². The number of nitrogens with one attached hydrogen (secondary N) is 1. The Morgan fingerprint density at radius 3 is 2.76 bits per heavy atom. The Morgan fingerprint density at radius 2 is 2.24 bits per heavy atom. The second-order valence-corrected chi connectivity index (χ2v) is 4.43. The average Bonchev–Trinajstić information content (AvgIpc) is 2.46. The van der Waals surface area contributed by atoms with Crippen LogP contribution in [0.15, 0.2) is 18.2 Å². The molecule has 1 rings (SSSR count). The average molecular weight is 317 g/mol. The summed E-state index contributed by atoms with van der Waals surface area (Å²) in [4.78, 5) is 22.6. The van der Waals surface area contributed by atoms with E-state index in [0.29, 0.717) is 0 Å². The lowest BCUT2D eigenvalue weighted by molar-refractivity contribution is -0.385. The normalized spacial score (nSPS) is 11.8. The van der Waals surface area contributed by atoms with E-state index < -0.39 is 16.9 Å². The van der Waals surface area contributed by atoms with Crippen LogP contribution >= 0.6 is 11.6 Å². The van der Waals surface area contributed by atoms with Crippen molar-refractivity contribution in [1.29, 1.82) is 0 Å². The number of nitro groups is 1. The number of nitro benzene ring substituents is 1. The van der Waals surface area contributed by atoms with E-state index in [0.717, 1.165) is 0 Å². The SMILES string of the molecule is CCOc1c(C(=O)NC(CCl)COC)cccc1[N+](=O)[O-]. The Hall–Kier alpha value is -1.86. The second-order valence-electron chi connectivity index (χ2n) is 4.12. The lowest BCUT2D eigenvalue weighted by Gasteiger charge is -2.16. The van der Waals surface area contributed by atoms with Gasteiger partial charge >= 0.3 is 5.69 Å². The maximum atomic E-state index is 12.2. The molecule has 0 aliphatic heterocycles. The molecular formula is C13H17ClN2O5. The molecule has 1 amide bonds. The van der Waals surface area contributed by atoms with Crippen molar-refractivity contribution in [3.63, 3.8) is 0 Å². The standard InChI is InChI=1S/C13H17ClN2O5/c1-3-21-12-10(5-4-6-11(12)16(18)19)13(17)15-9(7-14)8-20-2/h4-6,9H,3,7-8H2,1-2H3,(H,15,17). The van der Waals surface area contributed by atoms with E-state index in [-0.39, 0.29) is 36.1 Å². The van der Waals surface area contributed by atoms with Crippen molar-refractivity contribution in [2.45, 2.75) is 13.0 Å². The second kappa shape index (κ2) is 8.43. The molecule has 0 fully saturated rings. The van der Waals surface area contributed by atoms with Crippen LogP contribution in [-0.4, -0.2) is 43.1 Å². The quantitative estimate of drug-likeness (QED) is 0.450. The van der Waals surface area contributed by atoms with Crippen LogP contribution in [0.4, 0.5) is 5.69 Å². The van der Waals surface area contributed by atoms with Crippen LogP contribution in [0.2, 0.25) is 0 Å². The summed E-state index contributed by atoms with van der Waals surface area (Å²) < 4.78 is 10.2. The first-order valence-corrected chi connectivity index (χ1v) is 6.84. The first kappa shape index (κ1) is 17.2. The van der Waals surface area contributed by atoms with Gasteiger partial charge in [-0.05, 0) is 13.0 Å². The highest BCUT2D eigenvalue weighted by atomic mass is 35.5. The molecule has 0 radical (unpaired) electrons. The molecule has 21 heavy (non-hydrogen) atoms. The molecule has 0 heterocycles. The predicted molar refractivity (Wildman–Crippen MR) is 78.1 cm³/mol. The van der Waals surface area contributed by atoms with Crippen molar-refractivity contribution in [2.24, 2.45) is 0 Å². The molecule has 0 bridgehead atoms. The topological polar surface area (TPSA) is 90.7 Å². The molecule has 1 aromatic carbocycles. The van der Waals surface area contributed by atoms with Crippen LogP contribution in [0.1, 0.15) is 17.3 Å². The van der Waals surface area contributed by atoms with Gasteiger partial charge in [0.2, 0.25) is 5.75 Å². The molecule has 0 aliphatic carbocycles. The van der Waals surface area contributed by atoms with E-state index in [2.05, 4.69) is 5.32 Å². The lowest BCUT2D eigenvalue weighted by Crippen LogP contribution is -2.39. The summed E-state index contributed by atoms with van der Waals surface area (Å²) in [6.07, 6.45) is 0. The zero-order chi connectivity index (χ0) is 15.8. The number of amides is 1. The van der Waals surface area contributed by atoms with E-state index in [1.165, 1.54) is 25.3 Å². The number of alkyl halides is 1. The minimum absolute atomic E-state index is 0.0479. The van der Waals surface area contributed by atoms with E-state index in [9.17, 15) is 14.9 Å². The van der Waals surface area contributed by atoms with Gasteiger partial charge in [-0.1, -0.05) is 6.07 Å².